The molecule has 1 aromatic heterocycles. The quantitative estimate of drug-likeness (QED) is 0.564. The summed E-state index contributed by atoms with van der Waals surface area (Å²) >= 11 is 0. The second kappa shape index (κ2) is 6.44. The minimum atomic E-state index is -0.226. The normalized spacial score (nSPS) is 10.1. The van der Waals surface area contributed by atoms with E-state index in [0.717, 1.165) is 13.0 Å². The number of aryl methyl sites for hydroxylation is 1. The minimum absolute atomic E-state index is 0.226. The molecule has 0 aliphatic heterocycles. The smallest absolute Gasteiger partial charge is 0.319 e. The first kappa shape index (κ1) is 12.9. The van der Waals surface area contributed by atoms with E-state index >= 15 is 0 Å². The van der Waals surface area contributed by atoms with E-state index in [-0.39, 0.29) is 6.03 Å². The Labute approximate surface area is 111 Å². The summed E-state index contributed by atoms with van der Waals surface area (Å²) in [5, 5.41) is 5.52. The summed E-state index contributed by atoms with van der Waals surface area (Å²) in [5.41, 5.74) is 6.94. The predicted molar refractivity (Wildman–Crippen MR) is 74.7 cm³/mol. The number of nitrogens with two attached hydrogens (primary N) is 1. The van der Waals surface area contributed by atoms with E-state index in [1.807, 2.05) is 10.8 Å². The Morgan fingerprint density at radius 1 is 1.42 bits per heavy atom. The van der Waals surface area contributed by atoms with Crippen molar-refractivity contribution in [3.05, 3.63) is 43.0 Å². The Hall–Kier alpha value is -2.50. The number of nitrogens with one attached hydrogen (secondary N) is 2. The molecule has 0 saturated heterocycles. The summed E-state index contributed by atoms with van der Waals surface area (Å²) < 4.78 is 1.97. The van der Waals surface area contributed by atoms with Crippen LogP contribution < -0.4 is 16.4 Å². The van der Waals surface area contributed by atoms with Gasteiger partial charge < -0.3 is 20.9 Å². The molecule has 0 spiro atoms. The maximum Gasteiger partial charge on any atom is 0.319 e. The summed E-state index contributed by atoms with van der Waals surface area (Å²) in [6.07, 6.45) is 6.24. The summed E-state index contributed by atoms with van der Waals surface area (Å²) in [6, 6.07) is 6.85. The Morgan fingerprint density at radius 2 is 2.32 bits per heavy atom. The van der Waals surface area contributed by atoms with Crippen LogP contribution in [0.1, 0.15) is 6.42 Å². The number of rotatable bonds is 5. The van der Waals surface area contributed by atoms with Gasteiger partial charge in [0.2, 0.25) is 0 Å². The molecular weight excluding hydrogens is 242 g/mol. The zero-order valence-electron chi connectivity index (χ0n) is 10.5. The number of hydrogen-bond acceptors (Lipinski definition) is 3. The van der Waals surface area contributed by atoms with E-state index in [4.69, 9.17) is 5.73 Å². The summed E-state index contributed by atoms with van der Waals surface area (Å²) in [7, 11) is 0. The summed E-state index contributed by atoms with van der Waals surface area (Å²) in [4.78, 5) is 15.6. The van der Waals surface area contributed by atoms with Crippen LogP contribution in [0.25, 0.3) is 0 Å². The molecule has 1 aromatic carbocycles. The Balaban J connectivity index is 1.67. The van der Waals surface area contributed by atoms with Crippen LogP contribution in [0.2, 0.25) is 0 Å². The van der Waals surface area contributed by atoms with Gasteiger partial charge in [0.15, 0.2) is 0 Å². The van der Waals surface area contributed by atoms with Crippen molar-refractivity contribution >= 4 is 17.4 Å². The lowest BCUT2D eigenvalue weighted by Crippen LogP contribution is -2.30. The Kier molecular flexibility index (Phi) is 4.39. The molecule has 6 heteroatoms. The molecule has 19 heavy (non-hydrogen) atoms. The number of benzene rings is 1. The van der Waals surface area contributed by atoms with E-state index in [1.54, 1.807) is 36.8 Å². The molecular formula is C13H17N5O. The van der Waals surface area contributed by atoms with Gasteiger partial charge in [-0.15, -0.1) is 0 Å². The first-order valence-corrected chi connectivity index (χ1v) is 6.10. The van der Waals surface area contributed by atoms with Gasteiger partial charge in [0.05, 0.1) is 6.33 Å². The highest BCUT2D eigenvalue weighted by atomic mass is 16.2. The zero-order chi connectivity index (χ0) is 13.5. The Bertz CT molecular complexity index is 524. The van der Waals surface area contributed by atoms with E-state index < -0.39 is 0 Å². The van der Waals surface area contributed by atoms with Gasteiger partial charge in [-0.2, -0.15) is 0 Å². The highest BCUT2D eigenvalue weighted by Gasteiger charge is 2.00. The molecule has 0 unspecified atom stereocenters. The first-order chi connectivity index (χ1) is 9.24. The third kappa shape index (κ3) is 4.34. The minimum Gasteiger partial charge on any atom is -0.399 e. The van der Waals surface area contributed by atoms with Gasteiger partial charge in [-0.1, -0.05) is 6.07 Å². The molecule has 0 bridgehead atoms. The van der Waals surface area contributed by atoms with Crippen LogP contribution in [-0.4, -0.2) is 22.1 Å². The topological polar surface area (TPSA) is 85.0 Å². The summed E-state index contributed by atoms with van der Waals surface area (Å²) in [5.74, 6) is 0. The van der Waals surface area contributed by atoms with Gasteiger partial charge in [-0.3, -0.25) is 0 Å². The largest absolute Gasteiger partial charge is 0.399 e. The number of carbonyl (C=O) groups is 1. The van der Waals surface area contributed by atoms with Crippen molar-refractivity contribution in [2.45, 2.75) is 13.0 Å². The second-order valence-electron chi connectivity index (χ2n) is 4.16. The second-order valence-corrected chi connectivity index (χ2v) is 4.16. The highest BCUT2D eigenvalue weighted by Crippen LogP contribution is 2.11. The molecule has 0 aliphatic rings. The number of hydrogen-bond donors (Lipinski definition) is 3. The number of aromatic nitrogens is 2. The monoisotopic (exact) mass is 259 g/mol. The van der Waals surface area contributed by atoms with Gasteiger partial charge in [0.25, 0.3) is 0 Å². The van der Waals surface area contributed by atoms with Gasteiger partial charge in [-0.05, 0) is 24.6 Å². The summed E-state index contributed by atoms with van der Waals surface area (Å²) in [6.45, 7) is 1.44. The van der Waals surface area contributed by atoms with Crippen LogP contribution in [0.5, 0.6) is 0 Å². The van der Waals surface area contributed by atoms with Crippen molar-refractivity contribution in [3.63, 3.8) is 0 Å². The lowest BCUT2D eigenvalue weighted by molar-refractivity contribution is 0.252. The van der Waals surface area contributed by atoms with Gasteiger partial charge >= 0.3 is 6.03 Å². The number of anilines is 2. The molecule has 100 valence electrons. The highest BCUT2D eigenvalue weighted by molar-refractivity contribution is 5.89. The van der Waals surface area contributed by atoms with Crippen molar-refractivity contribution in [1.82, 2.24) is 14.9 Å². The fourth-order valence-electron chi connectivity index (χ4n) is 1.67. The molecule has 2 aromatic rings. The van der Waals surface area contributed by atoms with Crippen molar-refractivity contribution < 1.29 is 4.79 Å². The van der Waals surface area contributed by atoms with Crippen LogP contribution in [0.4, 0.5) is 16.2 Å². The van der Waals surface area contributed by atoms with Crippen molar-refractivity contribution in [2.75, 3.05) is 17.6 Å². The number of carbonyl (C=O) groups excluding carboxylic acids is 1. The van der Waals surface area contributed by atoms with E-state index in [2.05, 4.69) is 15.6 Å². The average Bonchev–Trinajstić information content (AvgIpc) is 2.88. The number of urea groups is 1. The van der Waals surface area contributed by atoms with Crippen molar-refractivity contribution in [2.24, 2.45) is 0 Å². The number of imidazole rings is 1. The molecule has 4 N–H and O–H groups in total. The molecule has 0 radical (unpaired) electrons. The maximum atomic E-state index is 11.6. The average molecular weight is 259 g/mol. The number of amides is 2. The zero-order valence-corrected chi connectivity index (χ0v) is 10.5. The van der Waals surface area contributed by atoms with Crippen LogP contribution in [-0.2, 0) is 6.54 Å². The van der Waals surface area contributed by atoms with E-state index in [0.29, 0.717) is 17.9 Å². The molecule has 6 nitrogen and oxygen atoms in total. The van der Waals surface area contributed by atoms with E-state index in [9.17, 15) is 4.79 Å². The SMILES string of the molecule is Nc1cccc(NC(=O)NCCCn2ccnc2)c1. The van der Waals surface area contributed by atoms with Crippen LogP contribution in [0.3, 0.4) is 0 Å². The van der Waals surface area contributed by atoms with Crippen molar-refractivity contribution in [1.29, 1.82) is 0 Å². The fourth-order valence-corrected chi connectivity index (χ4v) is 1.67. The standard InChI is InChI=1S/C13H17N5O/c14-11-3-1-4-12(9-11)17-13(19)16-5-2-7-18-8-6-15-10-18/h1,3-4,6,8-10H,2,5,7,14H2,(H2,16,17,19). The molecule has 0 saturated carbocycles. The third-order valence-corrected chi connectivity index (χ3v) is 2.58. The van der Waals surface area contributed by atoms with Crippen LogP contribution >= 0.6 is 0 Å². The third-order valence-electron chi connectivity index (χ3n) is 2.58. The molecule has 0 atom stereocenters. The fraction of sp³-hybridized carbons (Fsp3) is 0.231. The van der Waals surface area contributed by atoms with Crippen LogP contribution in [0.15, 0.2) is 43.0 Å². The van der Waals surface area contributed by atoms with Gasteiger partial charge in [-0.25, -0.2) is 9.78 Å². The van der Waals surface area contributed by atoms with Gasteiger partial charge in [0.1, 0.15) is 0 Å². The molecule has 1 heterocycles. The lowest BCUT2D eigenvalue weighted by atomic mass is 10.3. The molecule has 0 fully saturated rings. The number of nitrogens with zero attached hydrogens (tertiary/aromatic N) is 2. The molecule has 0 aliphatic carbocycles. The van der Waals surface area contributed by atoms with Crippen molar-refractivity contribution in [3.8, 4) is 0 Å². The van der Waals surface area contributed by atoms with Crippen LogP contribution in [0, 0.1) is 0 Å². The first-order valence-electron chi connectivity index (χ1n) is 6.10. The predicted octanol–water partition coefficient (Wildman–Crippen LogP) is 1.68. The molecule has 2 rings (SSSR count). The number of nitrogen functional groups attached to an aromatic ring is 1. The Morgan fingerprint density at radius 3 is 3.05 bits per heavy atom. The van der Waals surface area contributed by atoms with E-state index in [1.165, 1.54) is 0 Å². The van der Waals surface area contributed by atoms with Gasteiger partial charge in [0, 0.05) is 36.9 Å². The lowest BCUT2D eigenvalue weighted by Gasteiger charge is -2.08. The molecule has 2 amide bonds. The maximum absolute atomic E-state index is 11.6.